The zero-order valence-corrected chi connectivity index (χ0v) is 11.8. The fourth-order valence-electron chi connectivity index (χ4n) is 2.59. The highest BCUT2D eigenvalue weighted by molar-refractivity contribution is 5.11. The van der Waals surface area contributed by atoms with Gasteiger partial charge in [-0.05, 0) is 24.0 Å². The van der Waals surface area contributed by atoms with Crippen molar-refractivity contribution in [2.75, 3.05) is 6.61 Å². The third-order valence-corrected chi connectivity index (χ3v) is 3.57. The minimum absolute atomic E-state index is 0.000177. The molecule has 0 radical (unpaired) electrons. The number of aromatic nitrogens is 1. The lowest BCUT2D eigenvalue weighted by molar-refractivity contribution is -0.238. The summed E-state index contributed by atoms with van der Waals surface area (Å²) in [6, 6.07) is 1.95. The summed E-state index contributed by atoms with van der Waals surface area (Å²) in [5.74, 6) is -1.36. The summed E-state index contributed by atoms with van der Waals surface area (Å²) in [7, 11) is 0. The summed E-state index contributed by atoms with van der Waals surface area (Å²) in [6.45, 7) is 3.79. The number of hydrogen-bond donors (Lipinski definition) is 4. The number of nitrogens with zero attached hydrogens (tertiary/aromatic N) is 1. The Morgan fingerprint density at radius 2 is 2.10 bits per heavy atom. The lowest BCUT2D eigenvalue weighted by Gasteiger charge is -2.26. The van der Waals surface area contributed by atoms with E-state index >= 15 is 0 Å². The zero-order chi connectivity index (χ0) is 14.9. The van der Waals surface area contributed by atoms with Gasteiger partial charge in [0.1, 0.15) is 18.3 Å². The van der Waals surface area contributed by atoms with E-state index in [0.29, 0.717) is 5.92 Å². The molecule has 3 unspecified atom stereocenters. The van der Waals surface area contributed by atoms with Crippen molar-refractivity contribution < 1.29 is 25.2 Å². The first kappa shape index (κ1) is 15.5. The second kappa shape index (κ2) is 5.83. The minimum atomic E-state index is -1.89. The van der Waals surface area contributed by atoms with Gasteiger partial charge in [0.05, 0.1) is 13.2 Å². The Labute approximate surface area is 118 Å². The van der Waals surface area contributed by atoms with Crippen LogP contribution in [-0.4, -0.2) is 55.7 Å². The molecule has 4 N–H and O–H groups in total. The van der Waals surface area contributed by atoms with Crippen molar-refractivity contribution in [2.24, 2.45) is 5.92 Å². The molecule has 1 fully saturated rings. The van der Waals surface area contributed by atoms with Crippen LogP contribution in [0.4, 0.5) is 0 Å². The van der Waals surface area contributed by atoms with E-state index < -0.39 is 30.7 Å². The summed E-state index contributed by atoms with van der Waals surface area (Å²) >= 11 is 0. The Balaban J connectivity index is 2.07. The highest BCUT2D eigenvalue weighted by Gasteiger charge is 2.53. The first-order valence-electron chi connectivity index (χ1n) is 6.87. The molecule has 0 saturated carbocycles. The standard InChI is InChI=1S/C14H23NO5/c1-9(2)5-10-3-4-15(6-10)8-14(19)13(18)12(17)11(7-16)20-14/h3-4,6,9,11-13,16-19H,5,7-8H2,1-2H3/t11?,12?,13?,14-/m0/s1. The molecule has 0 aliphatic carbocycles. The number of aliphatic hydroxyl groups is 4. The minimum Gasteiger partial charge on any atom is -0.394 e. The van der Waals surface area contributed by atoms with Crippen LogP contribution in [0.3, 0.4) is 0 Å². The van der Waals surface area contributed by atoms with Gasteiger partial charge in [0.25, 0.3) is 0 Å². The molecule has 0 spiro atoms. The molecule has 2 rings (SSSR count). The van der Waals surface area contributed by atoms with E-state index in [9.17, 15) is 15.3 Å². The average Bonchev–Trinajstić information content (AvgIpc) is 2.87. The van der Waals surface area contributed by atoms with Gasteiger partial charge in [-0.15, -0.1) is 0 Å². The van der Waals surface area contributed by atoms with Gasteiger partial charge in [0.15, 0.2) is 0 Å². The van der Waals surface area contributed by atoms with Gasteiger partial charge in [-0.2, -0.15) is 0 Å². The van der Waals surface area contributed by atoms with Crippen LogP contribution in [-0.2, 0) is 17.7 Å². The fourth-order valence-corrected chi connectivity index (χ4v) is 2.59. The molecule has 6 heteroatoms. The van der Waals surface area contributed by atoms with Crippen molar-refractivity contribution in [1.82, 2.24) is 4.57 Å². The smallest absolute Gasteiger partial charge is 0.213 e. The largest absolute Gasteiger partial charge is 0.394 e. The summed E-state index contributed by atoms with van der Waals surface area (Å²) in [5, 5.41) is 38.9. The maximum absolute atomic E-state index is 10.3. The first-order valence-corrected chi connectivity index (χ1v) is 6.87. The van der Waals surface area contributed by atoms with Crippen LogP contribution < -0.4 is 0 Å². The van der Waals surface area contributed by atoms with Crippen molar-refractivity contribution in [1.29, 1.82) is 0 Å². The third kappa shape index (κ3) is 3.05. The zero-order valence-electron chi connectivity index (χ0n) is 11.8. The van der Waals surface area contributed by atoms with Gasteiger partial charge >= 0.3 is 0 Å². The fraction of sp³-hybridized carbons (Fsp3) is 0.714. The maximum atomic E-state index is 10.3. The van der Waals surface area contributed by atoms with E-state index in [1.165, 1.54) is 0 Å². The summed E-state index contributed by atoms with van der Waals surface area (Å²) < 4.78 is 6.92. The van der Waals surface area contributed by atoms with E-state index in [0.717, 1.165) is 12.0 Å². The van der Waals surface area contributed by atoms with E-state index in [4.69, 9.17) is 9.84 Å². The molecule has 0 amide bonds. The molecule has 1 aromatic heterocycles. The Hall–Kier alpha value is -0.920. The Bertz CT molecular complexity index is 447. The summed E-state index contributed by atoms with van der Waals surface area (Å²) in [4.78, 5) is 0. The van der Waals surface area contributed by atoms with Gasteiger partial charge in [-0.25, -0.2) is 0 Å². The van der Waals surface area contributed by atoms with Gasteiger partial charge in [-0.1, -0.05) is 13.8 Å². The summed E-state index contributed by atoms with van der Waals surface area (Å²) in [5.41, 5.74) is 1.13. The van der Waals surface area contributed by atoms with Gasteiger partial charge in [0, 0.05) is 12.4 Å². The molecule has 1 aromatic rings. The van der Waals surface area contributed by atoms with Gasteiger partial charge in [0.2, 0.25) is 5.79 Å². The van der Waals surface area contributed by atoms with Crippen molar-refractivity contribution in [3.05, 3.63) is 24.0 Å². The molecular formula is C14H23NO5. The molecule has 1 aliphatic rings. The molecular weight excluding hydrogens is 262 g/mol. The van der Waals surface area contributed by atoms with Crippen molar-refractivity contribution in [3.63, 3.8) is 0 Å². The predicted molar refractivity (Wildman–Crippen MR) is 71.9 cm³/mol. The maximum Gasteiger partial charge on any atom is 0.213 e. The van der Waals surface area contributed by atoms with Crippen molar-refractivity contribution >= 4 is 0 Å². The molecule has 0 aromatic carbocycles. The molecule has 6 nitrogen and oxygen atoms in total. The highest BCUT2D eigenvalue weighted by atomic mass is 16.7. The van der Waals surface area contributed by atoms with Crippen LogP contribution >= 0.6 is 0 Å². The molecule has 2 heterocycles. The molecule has 0 bridgehead atoms. The lowest BCUT2D eigenvalue weighted by Crippen LogP contribution is -2.46. The van der Waals surface area contributed by atoms with Crippen LogP contribution in [0.15, 0.2) is 18.5 Å². The highest BCUT2D eigenvalue weighted by Crippen LogP contribution is 2.30. The Morgan fingerprint density at radius 1 is 1.40 bits per heavy atom. The number of ether oxygens (including phenoxy) is 1. The second-order valence-corrected chi connectivity index (χ2v) is 5.91. The van der Waals surface area contributed by atoms with E-state index in [-0.39, 0.29) is 6.54 Å². The summed E-state index contributed by atoms with van der Waals surface area (Å²) in [6.07, 6.45) is 0.889. The number of rotatable bonds is 5. The molecule has 4 atom stereocenters. The second-order valence-electron chi connectivity index (χ2n) is 5.91. The molecule has 20 heavy (non-hydrogen) atoms. The quantitative estimate of drug-likeness (QED) is 0.584. The van der Waals surface area contributed by atoms with Crippen LogP contribution in [0, 0.1) is 5.92 Å². The van der Waals surface area contributed by atoms with E-state index in [1.54, 1.807) is 10.8 Å². The van der Waals surface area contributed by atoms with Gasteiger partial charge < -0.3 is 29.7 Å². The topological polar surface area (TPSA) is 95.1 Å². The number of aliphatic hydroxyl groups excluding tert-OH is 3. The van der Waals surface area contributed by atoms with Crippen LogP contribution in [0.1, 0.15) is 19.4 Å². The van der Waals surface area contributed by atoms with E-state index in [1.807, 2.05) is 12.3 Å². The predicted octanol–water partition coefficient (Wildman–Crippen LogP) is -0.512. The van der Waals surface area contributed by atoms with Gasteiger partial charge in [-0.3, -0.25) is 0 Å². The van der Waals surface area contributed by atoms with Crippen LogP contribution in [0.2, 0.25) is 0 Å². The third-order valence-electron chi connectivity index (χ3n) is 3.57. The Morgan fingerprint density at radius 3 is 2.65 bits per heavy atom. The molecule has 114 valence electrons. The van der Waals surface area contributed by atoms with Crippen molar-refractivity contribution in [2.45, 2.75) is 50.9 Å². The first-order chi connectivity index (χ1) is 9.35. The Kier molecular flexibility index (Phi) is 4.51. The van der Waals surface area contributed by atoms with Crippen LogP contribution in [0.25, 0.3) is 0 Å². The lowest BCUT2D eigenvalue weighted by atomic mass is 10.1. The number of hydrogen-bond acceptors (Lipinski definition) is 5. The van der Waals surface area contributed by atoms with E-state index in [2.05, 4.69) is 13.8 Å². The average molecular weight is 285 g/mol. The SMILES string of the molecule is CC(C)Cc1ccn(C[C@]2(O)OC(CO)C(O)C2O)c1. The molecule has 1 saturated heterocycles. The van der Waals surface area contributed by atoms with Crippen LogP contribution in [0.5, 0.6) is 0 Å². The normalized spacial score (nSPS) is 34.0. The monoisotopic (exact) mass is 285 g/mol. The van der Waals surface area contributed by atoms with Crippen molar-refractivity contribution in [3.8, 4) is 0 Å². The molecule has 1 aliphatic heterocycles.